The molecule has 144 valence electrons. The Labute approximate surface area is 157 Å². The van der Waals surface area contributed by atoms with Gasteiger partial charge >= 0.3 is 0 Å². The third-order valence-electron chi connectivity index (χ3n) is 6.28. The quantitative estimate of drug-likeness (QED) is 0.772. The van der Waals surface area contributed by atoms with Crippen molar-refractivity contribution >= 4 is 5.91 Å². The molecule has 1 aromatic carbocycles. The van der Waals surface area contributed by atoms with Gasteiger partial charge in [0.25, 0.3) is 5.91 Å². The molecule has 26 heavy (non-hydrogen) atoms. The maximum atomic E-state index is 13.0. The molecule has 1 aromatic rings. The number of fused-ring (bicyclic) bond motifs is 1. The molecule has 0 aromatic heterocycles. The summed E-state index contributed by atoms with van der Waals surface area (Å²) >= 11 is 0. The average Bonchev–Trinajstić information content (AvgIpc) is 2.63. The van der Waals surface area contributed by atoms with Crippen molar-refractivity contribution in [3.05, 3.63) is 35.9 Å². The zero-order valence-electron chi connectivity index (χ0n) is 16.6. The summed E-state index contributed by atoms with van der Waals surface area (Å²) in [6, 6.07) is 10.3. The number of likely N-dealkylation sites (N-methyl/N-ethyl adjacent to an activating group) is 1. The molecule has 1 amide bonds. The van der Waals surface area contributed by atoms with Crippen LogP contribution in [0.25, 0.3) is 0 Å². The first-order chi connectivity index (χ1) is 12.3. The Balaban J connectivity index is 1.93. The van der Waals surface area contributed by atoms with Crippen LogP contribution in [0.2, 0.25) is 0 Å². The van der Waals surface area contributed by atoms with Crippen LogP contribution >= 0.6 is 0 Å². The van der Waals surface area contributed by atoms with Crippen molar-refractivity contribution in [1.82, 2.24) is 9.96 Å². The van der Waals surface area contributed by atoms with Crippen LogP contribution < -0.4 is 0 Å². The van der Waals surface area contributed by atoms with E-state index in [-0.39, 0.29) is 17.6 Å². The summed E-state index contributed by atoms with van der Waals surface area (Å²) in [6.45, 7) is 7.49. The molecule has 1 saturated heterocycles. The van der Waals surface area contributed by atoms with Crippen molar-refractivity contribution < 1.29 is 14.4 Å². The highest BCUT2D eigenvalue weighted by molar-refractivity contribution is 5.79. The van der Waals surface area contributed by atoms with E-state index in [1.165, 1.54) is 24.2 Å². The van der Waals surface area contributed by atoms with Crippen LogP contribution in [0.1, 0.15) is 45.6 Å². The normalized spacial score (nSPS) is 31.3. The minimum atomic E-state index is -0.623. The molecule has 3 rings (SSSR count). The molecule has 2 aliphatic rings. The van der Waals surface area contributed by atoms with E-state index in [1.54, 1.807) is 7.05 Å². The lowest BCUT2D eigenvalue weighted by Crippen LogP contribution is -2.67. The zero-order valence-corrected chi connectivity index (χ0v) is 16.6. The van der Waals surface area contributed by atoms with Crippen LogP contribution in [-0.4, -0.2) is 47.9 Å². The summed E-state index contributed by atoms with van der Waals surface area (Å²) in [5, 5.41) is 1.28. The molecule has 0 N–H and O–H groups in total. The second-order valence-corrected chi connectivity index (χ2v) is 8.34. The Bertz CT molecular complexity index is 619. The first-order valence-corrected chi connectivity index (χ1v) is 9.62. The van der Waals surface area contributed by atoms with E-state index in [0.717, 1.165) is 12.8 Å². The molecule has 0 unspecified atom stereocenters. The third kappa shape index (κ3) is 3.66. The molecule has 5 heteroatoms. The van der Waals surface area contributed by atoms with Gasteiger partial charge in [-0.25, -0.2) is 5.06 Å². The van der Waals surface area contributed by atoms with E-state index in [0.29, 0.717) is 18.4 Å². The molecular formula is C21H32N2O3. The van der Waals surface area contributed by atoms with Gasteiger partial charge in [-0.2, -0.15) is 0 Å². The van der Waals surface area contributed by atoms with Gasteiger partial charge in [-0.15, -0.1) is 0 Å². The van der Waals surface area contributed by atoms with Crippen molar-refractivity contribution in [3.63, 3.8) is 0 Å². The molecule has 2 fully saturated rings. The summed E-state index contributed by atoms with van der Waals surface area (Å²) in [5.74, 6) is 0.927. The van der Waals surface area contributed by atoms with Crippen LogP contribution in [0.5, 0.6) is 0 Å². The minimum absolute atomic E-state index is 0.125. The van der Waals surface area contributed by atoms with Gasteiger partial charge in [0.15, 0.2) is 6.23 Å². The Hall–Kier alpha value is -1.43. The SMILES string of the molecule is CON(C)C(=O)[C@@H]1O[C@@H]2C[C@H](C)CC[C@H]2C(C)(C)N1Cc1ccccc1. The summed E-state index contributed by atoms with van der Waals surface area (Å²) < 4.78 is 6.42. The predicted molar refractivity (Wildman–Crippen MR) is 101 cm³/mol. The van der Waals surface area contributed by atoms with E-state index in [4.69, 9.17) is 9.57 Å². The Morgan fingerprint density at radius 2 is 2.00 bits per heavy atom. The molecule has 1 aliphatic heterocycles. The maximum absolute atomic E-state index is 13.0. The fourth-order valence-electron chi connectivity index (χ4n) is 4.55. The van der Waals surface area contributed by atoms with E-state index in [9.17, 15) is 4.79 Å². The summed E-state index contributed by atoms with van der Waals surface area (Å²) in [6.07, 6.45) is 2.89. The van der Waals surface area contributed by atoms with Crippen LogP contribution in [0.3, 0.4) is 0 Å². The van der Waals surface area contributed by atoms with Gasteiger partial charge in [0.1, 0.15) is 0 Å². The molecule has 0 bridgehead atoms. The standard InChI is InChI=1S/C21H32N2O3/c1-15-11-12-17-18(13-15)26-20(19(24)22(4)25-5)23(21(17,2)3)14-16-9-7-6-8-10-16/h6-10,15,17-18,20H,11-14H2,1-5H3/t15-,17-,18-,20+/m1/s1. The summed E-state index contributed by atoms with van der Waals surface area (Å²) in [7, 11) is 3.16. The van der Waals surface area contributed by atoms with Gasteiger partial charge in [-0.3, -0.25) is 14.5 Å². The van der Waals surface area contributed by atoms with Crippen molar-refractivity contribution in [2.45, 2.75) is 64.4 Å². The van der Waals surface area contributed by atoms with Crippen molar-refractivity contribution in [1.29, 1.82) is 0 Å². The fourth-order valence-corrected chi connectivity index (χ4v) is 4.55. The van der Waals surface area contributed by atoms with Gasteiger partial charge in [0.2, 0.25) is 0 Å². The van der Waals surface area contributed by atoms with Crippen LogP contribution in [-0.2, 0) is 20.9 Å². The van der Waals surface area contributed by atoms with Gasteiger partial charge in [-0.1, -0.05) is 43.7 Å². The molecule has 0 radical (unpaired) electrons. The molecular weight excluding hydrogens is 328 g/mol. The molecule has 0 spiro atoms. The smallest absolute Gasteiger partial charge is 0.290 e. The van der Waals surface area contributed by atoms with Crippen molar-refractivity contribution in [2.75, 3.05) is 14.2 Å². The van der Waals surface area contributed by atoms with Gasteiger partial charge in [0.05, 0.1) is 13.2 Å². The predicted octanol–water partition coefficient (Wildman–Crippen LogP) is 3.45. The molecule has 5 nitrogen and oxygen atoms in total. The van der Waals surface area contributed by atoms with Crippen LogP contribution in [0.15, 0.2) is 30.3 Å². The van der Waals surface area contributed by atoms with Crippen LogP contribution in [0.4, 0.5) is 0 Å². The maximum Gasteiger partial charge on any atom is 0.290 e. The molecule has 1 heterocycles. The first kappa shape index (κ1) is 19.3. The number of hydrogen-bond donors (Lipinski definition) is 0. The Kier molecular flexibility index (Phi) is 5.70. The van der Waals surface area contributed by atoms with E-state index >= 15 is 0 Å². The second kappa shape index (κ2) is 7.67. The molecule has 1 aliphatic carbocycles. The number of benzene rings is 1. The number of hydrogen-bond acceptors (Lipinski definition) is 4. The highest BCUT2D eigenvalue weighted by Gasteiger charge is 2.52. The van der Waals surface area contributed by atoms with E-state index in [1.807, 2.05) is 18.2 Å². The minimum Gasteiger partial charge on any atom is -0.350 e. The largest absolute Gasteiger partial charge is 0.350 e. The van der Waals surface area contributed by atoms with Crippen LogP contribution in [0, 0.1) is 11.8 Å². The van der Waals surface area contributed by atoms with E-state index in [2.05, 4.69) is 37.8 Å². The monoisotopic (exact) mass is 360 g/mol. The zero-order chi connectivity index (χ0) is 18.9. The Morgan fingerprint density at radius 3 is 2.65 bits per heavy atom. The van der Waals surface area contributed by atoms with Gasteiger partial charge in [0, 0.05) is 25.0 Å². The highest BCUT2D eigenvalue weighted by atomic mass is 16.7. The number of carbonyl (C=O) groups is 1. The second-order valence-electron chi connectivity index (χ2n) is 8.34. The highest BCUT2D eigenvalue weighted by Crippen LogP contribution is 2.45. The van der Waals surface area contributed by atoms with Crippen molar-refractivity contribution in [2.24, 2.45) is 11.8 Å². The lowest BCUT2D eigenvalue weighted by molar-refractivity contribution is -0.250. The number of rotatable bonds is 4. The summed E-state index contributed by atoms with van der Waals surface area (Å²) in [5.41, 5.74) is 1.05. The summed E-state index contributed by atoms with van der Waals surface area (Å²) in [4.78, 5) is 20.4. The van der Waals surface area contributed by atoms with Gasteiger partial charge < -0.3 is 4.74 Å². The number of amides is 1. The number of hydroxylamine groups is 2. The fraction of sp³-hybridized carbons (Fsp3) is 0.667. The lowest BCUT2D eigenvalue weighted by Gasteiger charge is -2.56. The third-order valence-corrected chi connectivity index (χ3v) is 6.28. The molecule has 1 saturated carbocycles. The first-order valence-electron chi connectivity index (χ1n) is 9.62. The van der Waals surface area contributed by atoms with Gasteiger partial charge in [-0.05, 0) is 38.2 Å². The lowest BCUT2D eigenvalue weighted by atomic mass is 9.69. The van der Waals surface area contributed by atoms with Crippen molar-refractivity contribution in [3.8, 4) is 0 Å². The topological polar surface area (TPSA) is 42.0 Å². The average molecular weight is 360 g/mol. The Morgan fingerprint density at radius 1 is 1.31 bits per heavy atom. The molecule has 4 atom stereocenters. The number of nitrogens with zero attached hydrogens (tertiary/aromatic N) is 2. The number of carbonyl (C=O) groups excluding carboxylic acids is 1. The van der Waals surface area contributed by atoms with E-state index < -0.39 is 6.23 Å². The number of ether oxygens (including phenoxy) is 1.